The van der Waals surface area contributed by atoms with Gasteiger partial charge in [-0.15, -0.1) is 0 Å². The van der Waals surface area contributed by atoms with Crippen molar-refractivity contribution in [3.8, 4) is 0 Å². The normalized spacial score (nSPS) is 22.5. The van der Waals surface area contributed by atoms with Gasteiger partial charge in [0.05, 0.1) is 0 Å². The molecule has 2 rings (SSSR count). The fraction of sp³-hybridized carbons (Fsp3) is 1.00. The Labute approximate surface area is 114 Å². The summed E-state index contributed by atoms with van der Waals surface area (Å²) >= 11 is 0. The van der Waals surface area contributed by atoms with Crippen LogP contribution in [-0.2, 0) is 0 Å². The van der Waals surface area contributed by atoms with Crippen molar-refractivity contribution in [2.24, 2.45) is 11.3 Å². The quantitative estimate of drug-likeness (QED) is 0.677. The summed E-state index contributed by atoms with van der Waals surface area (Å²) in [4.78, 5) is 2.62. The zero-order valence-corrected chi connectivity index (χ0v) is 12.8. The Morgan fingerprint density at radius 2 is 1.78 bits per heavy atom. The van der Waals surface area contributed by atoms with E-state index in [1.807, 2.05) is 0 Å². The predicted octanol–water partition coefficient (Wildman–Crippen LogP) is 3.28. The first-order valence-corrected chi connectivity index (χ1v) is 8.04. The van der Waals surface area contributed by atoms with Crippen molar-refractivity contribution >= 4 is 0 Å². The SMILES string of the molecule is CCC(CC)(CNC1CC1)CN(C)C(C)C1CC1. The molecule has 1 atom stereocenters. The van der Waals surface area contributed by atoms with Crippen molar-refractivity contribution in [2.75, 3.05) is 20.1 Å². The highest BCUT2D eigenvalue weighted by Gasteiger charge is 2.35. The van der Waals surface area contributed by atoms with E-state index in [1.165, 1.54) is 51.6 Å². The summed E-state index contributed by atoms with van der Waals surface area (Å²) in [5.41, 5.74) is 0.487. The lowest BCUT2D eigenvalue weighted by Gasteiger charge is -2.38. The number of hydrogen-bond acceptors (Lipinski definition) is 2. The average Bonchev–Trinajstić information content (AvgIpc) is 3.26. The number of hydrogen-bond donors (Lipinski definition) is 1. The van der Waals surface area contributed by atoms with E-state index in [4.69, 9.17) is 0 Å². The highest BCUT2D eigenvalue weighted by molar-refractivity contribution is 4.91. The van der Waals surface area contributed by atoms with E-state index in [0.29, 0.717) is 5.41 Å². The minimum Gasteiger partial charge on any atom is -0.313 e. The van der Waals surface area contributed by atoms with Crippen LogP contribution >= 0.6 is 0 Å². The minimum atomic E-state index is 0.487. The lowest BCUT2D eigenvalue weighted by molar-refractivity contribution is 0.118. The molecule has 106 valence electrons. The van der Waals surface area contributed by atoms with Crippen molar-refractivity contribution in [3.05, 3.63) is 0 Å². The van der Waals surface area contributed by atoms with Crippen molar-refractivity contribution in [1.29, 1.82) is 0 Å². The number of rotatable bonds is 9. The molecule has 0 aliphatic heterocycles. The zero-order valence-electron chi connectivity index (χ0n) is 12.8. The Morgan fingerprint density at radius 3 is 2.22 bits per heavy atom. The molecule has 0 spiro atoms. The van der Waals surface area contributed by atoms with Crippen LogP contribution in [0.25, 0.3) is 0 Å². The Morgan fingerprint density at radius 1 is 1.17 bits per heavy atom. The van der Waals surface area contributed by atoms with Gasteiger partial charge < -0.3 is 10.2 Å². The molecule has 0 aromatic rings. The van der Waals surface area contributed by atoms with E-state index in [2.05, 4.69) is 38.0 Å². The maximum absolute atomic E-state index is 3.76. The zero-order chi connectivity index (χ0) is 13.2. The molecular weight excluding hydrogens is 220 g/mol. The minimum absolute atomic E-state index is 0.487. The Kier molecular flexibility index (Phi) is 4.71. The summed E-state index contributed by atoms with van der Waals surface area (Å²) in [6.45, 7) is 9.63. The Balaban J connectivity index is 1.85. The molecule has 0 amide bonds. The monoisotopic (exact) mass is 252 g/mol. The number of nitrogens with one attached hydrogen (secondary N) is 1. The van der Waals surface area contributed by atoms with Crippen LogP contribution in [0.15, 0.2) is 0 Å². The van der Waals surface area contributed by atoms with Crippen molar-refractivity contribution < 1.29 is 0 Å². The third-order valence-electron chi connectivity index (χ3n) is 5.43. The summed E-state index contributed by atoms with van der Waals surface area (Å²) in [5, 5.41) is 3.76. The highest BCUT2D eigenvalue weighted by Crippen LogP contribution is 2.37. The Hall–Kier alpha value is -0.0800. The van der Waals surface area contributed by atoms with E-state index in [9.17, 15) is 0 Å². The van der Waals surface area contributed by atoms with Gasteiger partial charge in [-0.2, -0.15) is 0 Å². The van der Waals surface area contributed by atoms with Gasteiger partial charge in [0.25, 0.3) is 0 Å². The van der Waals surface area contributed by atoms with Gasteiger partial charge in [0.2, 0.25) is 0 Å². The average molecular weight is 252 g/mol. The predicted molar refractivity (Wildman–Crippen MR) is 78.9 cm³/mol. The van der Waals surface area contributed by atoms with Crippen LogP contribution in [0.5, 0.6) is 0 Å². The number of nitrogens with zero attached hydrogens (tertiary/aromatic N) is 1. The molecule has 0 saturated heterocycles. The molecule has 18 heavy (non-hydrogen) atoms. The van der Waals surface area contributed by atoms with Gasteiger partial charge in [-0.05, 0) is 63.8 Å². The lowest BCUT2D eigenvalue weighted by atomic mass is 9.81. The third-order valence-corrected chi connectivity index (χ3v) is 5.43. The fourth-order valence-electron chi connectivity index (χ4n) is 3.04. The van der Waals surface area contributed by atoms with Gasteiger partial charge in [-0.1, -0.05) is 13.8 Å². The summed E-state index contributed by atoms with van der Waals surface area (Å²) in [7, 11) is 2.33. The van der Waals surface area contributed by atoms with E-state index < -0.39 is 0 Å². The topological polar surface area (TPSA) is 15.3 Å². The van der Waals surface area contributed by atoms with E-state index in [1.54, 1.807) is 0 Å². The molecule has 2 saturated carbocycles. The van der Waals surface area contributed by atoms with E-state index in [-0.39, 0.29) is 0 Å². The van der Waals surface area contributed by atoms with Crippen LogP contribution in [0.1, 0.15) is 59.3 Å². The largest absolute Gasteiger partial charge is 0.313 e. The molecule has 2 aliphatic rings. The van der Waals surface area contributed by atoms with Crippen molar-refractivity contribution in [3.63, 3.8) is 0 Å². The summed E-state index contributed by atoms with van der Waals surface area (Å²) in [6, 6.07) is 1.62. The van der Waals surface area contributed by atoms with Crippen LogP contribution in [0.4, 0.5) is 0 Å². The molecule has 2 aliphatic carbocycles. The molecule has 2 nitrogen and oxygen atoms in total. The maximum atomic E-state index is 3.76. The second kappa shape index (κ2) is 5.92. The van der Waals surface area contributed by atoms with Crippen LogP contribution < -0.4 is 5.32 Å². The first-order valence-electron chi connectivity index (χ1n) is 8.04. The van der Waals surface area contributed by atoms with E-state index >= 15 is 0 Å². The van der Waals surface area contributed by atoms with Gasteiger partial charge in [0.1, 0.15) is 0 Å². The molecule has 0 aromatic carbocycles. The van der Waals surface area contributed by atoms with Gasteiger partial charge in [0, 0.05) is 25.2 Å². The molecular formula is C16H32N2. The van der Waals surface area contributed by atoms with Crippen molar-refractivity contribution in [2.45, 2.75) is 71.4 Å². The Bertz CT molecular complexity index is 252. The molecule has 2 heteroatoms. The van der Waals surface area contributed by atoms with Gasteiger partial charge in [-0.3, -0.25) is 0 Å². The van der Waals surface area contributed by atoms with E-state index in [0.717, 1.165) is 18.0 Å². The van der Waals surface area contributed by atoms with Gasteiger partial charge in [-0.25, -0.2) is 0 Å². The highest BCUT2D eigenvalue weighted by atomic mass is 15.1. The van der Waals surface area contributed by atoms with Crippen LogP contribution in [0, 0.1) is 11.3 Å². The summed E-state index contributed by atoms with van der Waals surface area (Å²) < 4.78 is 0. The lowest BCUT2D eigenvalue weighted by Crippen LogP contribution is -2.46. The fourth-order valence-corrected chi connectivity index (χ4v) is 3.04. The van der Waals surface area contributed by atoms with Gasteiger partial charge in [0.15, 0.2) is 0 Å². The first-order chi connectivity index (χ1) is 8.60. The van der Waals surface area contributed by atoms with Crippen LogP contribution in [0.2, 0.25) is 0 Å². The van der Waals surface area contributed by atoms with Crippen molar-refractivity contribution in [1.82, 2.24) is 10.2 Å². The van der Waals surface area contributed by atoms with Crippen LogP contribution in [-0.4, -0.2) is 37.1 Å². The molecule has 0 bridgehead atoms. The first kappa shape index (κ1) is 14.3. The smallest absolute Gasteiger partial charge is 0.00923 e. The molecule has 0 radical (unpaired) electrons. The molecule has 1 N–H and O–H groups in total. The molecule has 2 fully saturated rings. The summed E-state index contributed by atoms with van der Waals surface area (Å²) in [5.74, 6) is 0.984. The summed E-state index contributed by atoms with van der Waals surface area (Å²) in [6.07, 6.45) is 8.31. The molecule has 1 unspecified atom stereocenters. The van der Waals surface area contributed by atoms with Gasteiger partial charge >= 0.3 is 0 Å². The standard InChI is InChI=1S/C16H32N2/c1-5-16(6-2,11-17-15-9-10-15)12-18(4)13(3)14-7-8-14/h13-15,17H,5-12H2,1-4H3. The second-order valence-electron chi connectivity index (χ2n) is 6.86. The maximum Gasteiger partial charge on any atom is 0.00923 e. The third kappa shape index (κ3) is 3.71. The molecule has 0 heterocycles. The van der Waals surface area contributed by atoms with Crippen LogP contribution in [0.3, 0.4) is 0 Å². The molecule has 0 aromatic heterocycles. The second-order valence-corrected chi connectivity index (χ2v) is 6.86.